The molecule has 0 aliphatic carbocycles. The highest BCUT2D eigenvalue weighted by molar-refractivity contribution is 6.31. The van der Waals surface area contributed by atoms with Crippen molar-refractivity contribution in [1.82, 2.24) is 15.2 Å². The third-order valence-electron chi connectivity index (χ3n) is 2.94. The normalized spacial score (nSPS) is 11.1. The van der Waals surface area contributed by atoms with Crippen molar-refractivity contribution in [3.05, 3.63) is 22.8 Å². The van der Waals surface area contributed by atoms with Crippen LogP contribution < -0.4 is 10.2 Å². The van der Waals surface area contributed by atoms with E-state index in [-0.39, 0.29) is 0 Å². The Morgan fingerprint density at radius 2 is 1.95 bits per heavy atom. The topological polar surface area (TPSA) is 31.4 Å². The van der Waals surface area contributed by atoms with Gasteiger partial charge in [0.25, 0.3) is 0 Å². The van der Waals surface area contributed by atoms with Crippen LogP contribution in [-0.4, -0.2) is 50.7 Å². The van der Waals surface area contributed by atoms with Gasteiger partial charge < -0.3 is 15.1 Å². The Balaban J connectivity index is 2.61. The van der Waals surface area contributed by atoms with Crippen molar-refractivity contribution in [2.45, 2.75) is 19.9 Å². The number of anilines is 1. The minimum atomic E-state index is 0.717. The molecule has 19 heavy (non-hydrogen) atoms. The van der Waals surface area contributed by atoms with Crippen LogP contribution in [0.25, 0.3) is 0 Å². The van der Waals surface area contributed by atoms with E-state index in [9.17, 15) is 0 Å². The molecule has 1 aromatic rings. The highest BCUT2D eigenvalue weighted by Gasteiger charge is 2.07. The lowest BCUT2D eigenvalue weighted by molar-refractivity contribution is 0.401. The van der Waals surface area contributed by atoms with E-state index < -0.39 is 0 Å². The summed E-state index contributed by atoms with van der Waals surface area (Å²) < 4.78 is 0. The number of nitrogens with one attached hydrogen (secondary N) is 1. The van der Waals surface area contributed by atoms with Gasteiger partial charge in [-0.05, 0) is 45.7 Å². The number of aromatic nitrogens is 1. The molecule has 0 atom stereocenters. The second-order valence-electron chi connectivity index (χ2n) is 4.96. The minimum Gasteiger partial charge on any atom is -0.360 e. The summed E-state index contributed by atoms with van der Waals surface area (Å²) >= 11 is 6.15. The van der Waals surface area contributed by atoms with Gasteiger partial charge in [-0.3, -0.25) is 0 Å². The fourth-order valence-electron chi connectivity index (χ4n) is 1.79. The predicted molar refractivity (Wildman–Crippen MR) is 83.1 cm³/mol. The van der Waals surface area contributed by atoms with Crippen LogP contribution >= 0.6 is 11.6 Å². The van der Waals surface area contributed by atoms with Gasteiger partial charge in [-0.1, -0.05) is 18.5 Å². The Bertz CT molecular complexity index is 382. The van der Waals surface area contributed by atoms with Crippen molar-refractivity contribution >= 4 is 17.4 Å². The highest BCUT2D eigenvalue weighted by atomic mass is 35.5. The maximum Gasteiger partial charge on any atom is 0.128 e. The molecule has 1 rings (SSSR count). The Morgan fingerprint density at radius 1 is 1.21 bits per heavy atom. The first kappa shape index (κ1) is 16.2. The van der Waals surface area contributed by atoms with E-state index in [1.54, 1.807) is 0 Å². The van der Waals surface area contributed by atoms with Crippen molar-refractivity contribution in [2.75, 3.05) is 45.7 Å². The van der Waals surface area contributed by atoms with E-state index in [1.165, 1.54) is 0 Å². The molecule has 0 aromatic carbocycles. The molecule has 0 spiro atoms. The lowest BCUT2D eigenvalue weighted by Crippen LogP contribution is -2.24. The Labute approximate surface area is 121 Å². The fourth-order valence-corrected chi connectivity index (χ4v) is 1.96. The van der Waals surface area contributed by atoms with E-state index in [0.717, 1.165) is 42.6 Å². The number of pyridine rings is 1. The first-order valence-electron chi connectivity index (χ1n) is 6.76. The monoisotopic (exact) mass is 284 g/mol. The predicted octanol–water partition coefficient (Wildman–Crippen LogP) is 2.23. The summed E-state index contributed by atoms with van der Waals surface area (Å²) in [4.78, 5) is 9.00. The molecular formula is C14H25ClN4. The molecule has 0 aliphatic rings. The van der Waals surface area contributed by atoms with Crippen LogP contribution in [0.15, 0.2) is 12.1 Å². The van der Waals surface area contributed by atoms with E-state index in [0.29, 0.717) is 6.54 Å². The summed E-state index contributed by atoms with van der Waals surface area (Å²) in [6.07, 6.45) is 1.12. The van der Waals surface area contributed by atoms with Crippen molar-refractivity contribution in [3.63, 3.8) is 0 Å². The molecule has 0 aliphatic heterocycles. The average molecular weight is 285 g/mol. The van der Waals surface area contributed by atoms with Gasteiger partial charge in [-0.15, -0.1) is 0 Å². The summed E-state index contributed by atoms with van der Waals surface area (Å²) in [5, 5.41) is 3.99. The molecule has 0 amide bonds. The van der Waals surface area contributed by atoms with Gasteiger partial charge >= 0.3 is 0 Å². The Morgan fingerprint density at radius 3 is 2.58 bits per heavy atom. The van der Waals surface area contributed by atoms with Gasteiger partial charge in [-0.25, -0.2) is 4.98 Å². The Kier molecular flexibility index (Phi) is 7.13. The van der Waals surface area contributed by atoms with Gasteiger partial charge in [0.05, 0.1) is 10.7 Å². The lowest BCUT2D eigenvalue weighted by atomic mass is 10.3. The summed E-state index contributed by atoms with van der Waals surface area (Å²) in [5.74, 6) is 0.982. The van der Waals surface area contributed by atoms with E-state index in [4.69, 9.17) is 11.6 Å². The quantitative estimate of drug-likeness (QED) is 0.793. The van der Waals surface area contributed by atoms with Crippen molar-refractivity contribution in [2.24, 2.45) is 0 Å². The third-order valence-corrected chi connectivity index (χ3v) is 3.28. The largest absolute Gasteiger partial charge is 0.360 e. The molecular weight excluding hydrogens is 260 g/mol. The first-order chi connectivity index (χ1) is 9.04. The molecule has 0 unspecified atom stereocenters. The van der Waals surface area contributed by atoms with Crippen LogP contribution in [0.2, 0.25) is 5.02 Å². The van der Waals surface area contributed by atoms with Crippen LogP contribution in [0.1, 0.15) is 19.0 Å². The average Bonchev–Trinajstić information content (AvgIpc) is 2.37. The number of halogens is 1. The second-order valence-corrected chi connectivity index (χ2v) is 5.36. The van der Waals surface area contributed by atoms with E-state index in [1.807, 2.05) is 12.1 Å². The molecule has 0 bridgehead atoms. The zero-order chi connectivity index (χ0) is 14.3. The van der Waals surface area contributed by atoms with Crippen LogP contribution in [-0.2, 0) is 6.54 Å². The lowest BCUT2D eigenvalue weighted by Gasteiger charge is -2.20. The molecule has 1 N–H and O–H groups in total. The highest BCUT2D eigenvalue weighted by Crippen LogP contribution is 2.18. The van der Waals surface area contributed by atoms with Gasteiger partial charge in [0.15, 0.2) is 0 Å². The fraction of sp³-hybridized carbons (Fsp3) is 0.643. The third kappa shape index (κ3) is 5.76. The van der Waals surface area contributed by atoms with Gasteiger partial charge in [0.2, 0.25) is 0 Å². The zero-order valence-corrected chi connectivity index (χ0v) is 13.2. The summed E-state index contributed by atoms with van der Waals surface area (Å²) in [6, 6.07) is 3.91. The standard InChI is InChI=1S/C14H25ClN4/c1-5-16-11-13-12(15)7-8-14(17-13)19(4)10-6-9-18(2)3/h7-8,16H,5-6,9-11H2,1-4H3. The van der Waals surface area contributed by atoms with Crippen LogP contribution in [0.5, 0.6) is 0 Å². The second kappa shape index (κ2) is 8.35. The molecule has 0 fully saturated rings. The Hall–Kier alpha value is -0.840. The SMILES string of the molecule is CCNCc1nc(N(C)CCCN(C)C)ccc1Cl. The number of hydrogen-bond donors (Lipinski definition) is 1. The maximum absolute atomic E-state index is 6.15. The van der Waals surface area contributed by atoms with Crippen LogP contribution in [0.4, 0.5) is 5.82 Å². The van der Waals surface area contributed by atoms with Crippen LogP contribution in [0, 0.1) is 0 Å². The number of hydrogen-bond acceptors (Lipinski definition) is 4. The number of rotatable bonds is 8. The molecule has 0 saturated heterocycles. The molecule has 0 radical (unpaired) electrons. The zero-order valence-electron chi connectivity index (χ0n) is 12.4. The molecule has 1 aromatic heterocycles. The molecule has 5 heteroatoms. The molecule has 4 nitrogen and oxygen atoms in total. The minimum absolute atomic E-state index is 0.717. The first-order valence-corrected chi connectivity index (χ1v) is 7.14. The molecule has 0 saturated carbocycles. The van der Waals surface area contributed by atoms with Gasteiger partial charge in [-0.2, -0.15) is 0 Å². The van der Waals surface area contributed by atoms with E-state index in [2.05, 4.69) is 48.2 Å². The van der Waals surface area contributed by atoms with Crippen molar-refractivity contribution in [1.29, 1.82) is 0 Å². The summed E-state index contributed by atoms with van der Waals surface area (Å²) in [5.41, 5.74) is 0.917. The summed E-state index contributed by atoms with van der Waals surface area (Å²) in [6.45, 7) is 5.79. The van der Waals surface area contributed by atoms with Crippen molar-refractivity contribution < 1.29 is 0 Å². The smallest absolute Gasteiger partial charge is 0.128 e. The van der Waals surface area contributed by atoms with Gasteiger partial charge in [0, 0.05) is 20.1 Å². The number of nitrogens with zero attached hydrogens (tertiary/aromatic N) is 3. The molecule has 1 heterocycles. The van der Waals surface area contributed by atoms with Gasteiger partial charge in [0.1, 0.15) is 5.82 Å². The summed E-state index contributed by atoms with van der Waals surface area (Å²) in [7, 11) is 6.26. The van der Waals surface area contributed by atoms with Crippen molar-refractivity contribution in [3.8, 4) is 0 Å². The van der Waals surface area contributed by atoms with Crippen LogP contribution in [0.3, 0.4) is 0 Å². The van der Waals surface area contributed by atoms with E-state index >= 15 is 0 Å². The molecule has 108 valence electrons. The maximum atomic E-state index is 6.15.